The zero-order valence-electron chi connectivity index (χ0n) is 24.3. The van der Waals surface area contributed by atoms with E-state index in [-0.39, 0.29) is 17.9 Å². The van der Waals surface area contributed by atoms with Crippen molar-refractivity contribution < 1.29 is 35.7 Å². The van der Waals surface area contributed by atoms with Gasteiger partial charge in [0, 0.05) is 25.0 Å². The van der Waals surface area contributed by atoms with Crippen molar-refractivity contribution in [1.29, 1.82) is 0 Å². The highest BCUT2D eigenvalue weighted by Crippen LogP contribution is 2.47. The molecule has 1 unspecified atom stereocenters. The second-order valence-corrected chi connectivity index (χ2v) is 14.7. The molecule has 2 aromatic rings. The van der Waals surface area contributed by atoms with Gasteiger partial charge in [0.1, 0.15) is 6.04 Å². The van der Waals surface area contributed by atoms with Gasteiger partial charge in [-0.25, -0.2) is 8.42 Å². The molecule has 2 aliphatic rings. The van der Waals surface area contributed by atoms with Crippen molar-refractivity contribution in [3.05, 3.63) is 65.7 Å². The largest absolute Gasteiger partial charge is 0.374 e. The number of carbonyl (C=O) groups excluding carboxylic acids is 2. The molecule has 2 aromatic carbocycles. The maximum atomic E-state index is 13.6. The molecule has 0 aliphatic carbocycles. The highest BCUT2D eigenvalue weighted by molar-refractivity contribution is 7.92. The van der Waals surface area contributed by atoms with E-state index in [2.05, 4.69) is 5.32 Å². The minimum absolute atomic E-state index is 0.0158. The molecule has 232 valence electrons. The van der Waals surface area contributed by atoms with Crippen molar-refractivity contribution in [3.63, 3.8) is 0 Å². The molecule has 2 amide bonds. The van der Waals surface area contributed by atoms with Crippen LogP contribution >= 0.6 is 0 Å². The number of para-hydroxylation sites is 1. The second kappa shape index (κ2) is 13.1. The van der Waals surface area contributed by atoms with Gasteiger partial charge in [-0.2, -0.15) is 8.42 Å². The maximum Gasteiger partial charge on any atom is 0.261 e. The van der Waals surface area contributed by atoms with E-state index in [1.165, 1.54) is 10.6 Å². The molecule has 2 heterocycles. The van der Waals surface area contributed by atoms with E-state index in [0.29, 0.717) is 45.3 Å². The van der Waals surface area contributed by atoms with E-state index in [1.54, 1.807) is 18.7 Å². The topological polar surface area (TPSA) is 176 Å². The van der Waals surface area contributed by atoms with E-state index < -0.39 is 37.6 Å². The van der Waals surface area contributed by atoms with Crippen LogP contribution in [0.15, 0.2) is 54.6 Å². The summed E-state index contributed by atoms with van der Waals surface area (Å²) in [6.45, 7) is 4.77. The molecule has 0 aromatic heterocycles. The van der Waals surface area contributed by atoms with Crippen molar-refractivity contribution in [3.8, 4) is 0 Å². The van der Waals surface area contributed by atoms with Gasteiger partial charge < -0.3 is 20.7 Å². The van der Waals surface area contributed by atoms with Crippen LogP contribution in [0.2, 0.25) is 0 Å². The number of anilines is 1. The van der Waals surface area contributed by atoms with E-state index in [0.717, 1.165) is 16.8 Å². The summed E-state index contributed by atoms with van der Waals surface area (Å²) < 4.78 is 58.1. The van der Waals surface area contributed by atoms with Gasteiger partial charge in [0.15, 0.2) is 0 Å². The number of nitrogens with two attached hydrogens (primary N) is 1. The number of nitrogens with one attached hydrogen (secondary N) is 1. The fourth-order valence-corrected chi connectivity index (χ4v) is 6.07. The lowest BCUT2D eigenvalue weighted by atomic mass is 9.74. The summed E-state index contributed by atoms with van der Waals surface area (Å²) in [5, 5.41) is 2.78. The summed E-state index contributed by atoms with van der Waals surface area (Å²) >= 11 is 0. The molecule has 4 rings (SSSR count). The average molecular weight is 625 g/mol. The third-order valence-corrected chi connectivity index (χ3v) is 8.33. The van der Waals surface area contributed by atoms with Crippen LogP contribution in [0.25, 0.3) is 0 Å². The van der Waals surface area contributed by atoms with Crippen LogP contribution in [0, 0.1) is 0 Å². The van der Waals surface area contributed by atoms with Crippen LogP contribution in [0.1, 0.15) is 37.8 Å². The standard InChI is InChI=1S/C27H36N4O5S.CH4O3S/c1-26(2,28)25(33)29-22(18-36-17-20-9-5-4-6-10-20)24(32)30-15-13-27(14-16-30)19-31(37(3,34)35)23-12-8-7-11-21(23)27;1-5(2,3)4/h4-12,22H,13-19,28H2,1-3H3,(H,29,33);1H3,(H,2,3,4). The lowest BCUT2D eigenvalue weighted by Crippen LogP contribution is -2.59. The number of nitrogens with zero attached hydrogens (tertiary/aromatic N) is 2. The normalized spacial score (nSPS) is 17.2. The van der Waals surface area contributed by atoms with Crippen molar-refractivity contribution >= 4 is 37.6 Å². The van der Waals surface area contributed by atoms with Crippen LogP contribution < -0.4 is 15.4 Å². The highest BCUT2D eigenvalue weighted by Gasteiger charge is 2.48. The summed E-state index contributed by atoms with van der Waals surface area (Å²) in [6.07, 6.45) is 3.18. The third-order valence-electron chi connectivity index (χ3n) is 7.21. The molecule has 0 bridgehead atoms. The van der Waals surface area contributed by atoms with Gasteiger partial charge in [-0.1, -0.05) is 48.5 Å². The summed E-state index contributed by atoms with van der Waals surface area (Å²) in [4.78, 5) is 27.9. The van der Waals surface area contributed by atoms with Crippen molar-refractivity contribution in [2.24, 2.45) is 5.73 Å². The number of hydrogen-bond acceptors (Lipinski definition) is 8. The van der Waals surface area contributed by atoms with E-state index in [9.17, 15) is 26.4 Å². The Morgan fingerprint density at radius 1 is 1.02 bits per heavy atom. The minimum Gasteiger partial charge on any atom is -0.374 e. The number of rotatable bonds is 8. The molecule has 1 saturated heterocycles. The summed E-state index contributed by atoms with van der Waals surface area (Å²) in [5.41, 5.74) is 7.16. The highest BCUT2D eigenvalue weighted by atomic mass is 32.2. The summed E-state index contributed by atoms with van der Waals surface area (Å²) in [7, 11) is -7.09. The van der Waals surface area contributed by atoms with Crippen LogP contribution in [0.3, 0.4) is 0 Å². The van der Waals surface area contributed by atoms with E-state index in [4.69, 9.17) is 15.0 Å². The number of piperidine rings is 1. The monoisotopic (exact) mass is 624 g/mol. The molecule has 4 N–H and O–H groups in total. The zero-order valence-corrected chi connectivity index (χ0v) is 25.9. The van der Waals surface area contributed by atoms with Gasteiger partial charge in [-0.15, -0.1) is 0 Å². The first-order chi connectivity index (χ1) is 19.4. The fraction of sp³-hybridized carbons (Fsp3) is 0.500. The summed E-state index contributed by atoms with van der Waals surface area (Å²) in [5.74, 6) is -0.664. The van der Waals surface area contributed by atoms with Gasteiger partial charge >= 0.3 is 0 Å². The Hall–Kier alpha value is -3.04. The Kier molecular flexibility index (Phi) is 10.4. The molecule has 0 saturated carbocycles. The number of likely N-dealkylation sites (tertiary alicyclic amines) is 1. The number of fused-ring (bicyclic) bond motifs is 2. The first kappa shape index (κ1) is 33.5. The summed E-state index contributed by atoms with van der Waals surface area (Å²) in [6, 6.07) is 16.3. The Balaban J connectivity index is 0.000000892. The first-order valence-electron chi connectivity index (χ1n) is 13.4. The molecule has 1 spiro atoms. The predicted molar refractivity (Wildman–Crippen MR) is 160 cm³/mol. The lowest BCUT2D eigenvalue weighted by molar-refractivity contribution is -0.140. The Morgan fingerprint density at radius 3 is 2.12 bits per heavy atom. The van der Waals surface area contributed by atoms with Crippen LogP contribution in [-0.4, -0.2) is 88.4 Å². The number of benzene rings is 2. The fourth-order valence-electron chi connectivity index (χ4n) is 5.07. The van der Waals surface area contributed by atoms with Gasteiger partial charge in [-0.3, -0.25) is 18.4 Å². The number of carbonyl (C=O) groups is 2. The minimum atomic E-state index is -3.67. The molecule has 1 atom stereocenters. The van der Waals surface area contributed by atoms with Gasteiger partial charge in [0.25, 0.3) is 10.1 Å². The smallest absolute Gasteiger partial charge is 0.261 e. The van der Waals surface area contributed by atoms with Crippen molar-refractivity contribution in [2.45, 2.75) is 50.3 Å². The van der Waals surface area contributed by atoms with Gasteiger partial charge in [-0.05, 0) is 43.9 Å². The molecular formula is C28H40N4O8S2. The average Bonchev–Trinajstić information content (AvgIpc) is 3.22. The SMILES string of the molecule is CC(C)(N)C(=O)NC(COCc1ccccc1)C(=O)N1CCC2(CC1)CN(S(C)(=O)=O)c1ccccc12.CS(=O)(=O)O. The van der Waals surface area contributed by atoms with E-state index >= 15 is 0 Å². The molecular weight excluding hydrogens is 584 g/mol. The number of sulfonamides is 1. The molecule has 2 aliphatic heterocycles. The van der Waals surface area contributed by atoms with Gasteiger partial charge in [0.2, 0.25) is 21.8 Å². The van der Waals surface area contributed by atoms with Crippen molar-refractivity contribution in [1.82, 2.24) is 10.2 Å². The maximum absolute atomic E-state index is 13.6. The first-order valence-corrected chi connectivity index (χ1v) is 17.1. The Bertz CT molecular complexity index is 1460. The number of hydrogen-bond donors (Lipinski definition) is 3. The molecule has 12 nitrogen and oxygen atoms in total. The zero-order chi connectivity index (χ0) is 31.3. The molecule has 1 fully saturated rings. The van der Waals surface area contributed by atoms with E-state index in [1.807, 2.05) is 54.6 Å². The molecule has 0 radical (unpaired) electrons. The predicted octanol–water partition coefficient (Wildman–Crippen LogP) is 1.27. The number of amides is 2. The Morgan fingerprint density at radius 2 is 1.57 bits per heavy atom. The third kappa shape index (κ3) is 8.98. The van der Waals surface area contributed by atoms with Crippen molar-refractivity contribution in [2.75, 3.05) is 43.1 Å². The van der Waals surface area contributed by atoms with Crippen LogP contribution in [-0.2, 0) is 46.5 Å². The van der Waals surface area contributed by atoms with Crippen LogP contribution in [0.4, 0.5) is 5.69 Å². The molecule has 14 heteroatoms. The van der Waals surface area contributed by atoms with Gasteiger partial charge in [0.05, 0.1) is 37.0 Å². The second-order valence-electron chi connectivity index (χ2n) is 11.4. The van der Waals surface area contributed by atoms with Crippen LogP contribution in [0.5, 0.6) is 0 Å². The molecule has 42 heavy (non-hydrogen) atoms. The Labute approximate surface area is 248 Å². The quantitative estimate of drug-likeness (QED) is 0.365. The lowest BCUT2D eigenvalue weighted by Gasteiger charge is -2.41. The number of ether oxygens (including phenoxy) is 1.